The Morgan fingerprint density at radius 3 is 2.22 bits per heavy atom. The van der Waals surface area contributed by atoms with Gasteiger partial charge in [0, 0.05) is 35.5 Å². The summed E-state index contributed by atoms with van der Waals surface area (Å²) in [6, 6.07) is 11.3. The van der Waals surface area contributed by atoms with Crippen molar-refractivity contribution < 1.29 is 32.6 Å². The molecule has 0 bridgehead atoms. The van der Waals surface area contributed by atoms with Crippen LogP contribution in [0.2, 0.25) is 0 Å². The van der Waals surface area contributed by atoms with Crippen LogP contribution >= 0.6 is 11.8 Å². The number of hydrogen-bond acceptors (Lipinski definition) is 5. The lowest BCUT2D eigenvalue weighted by molar-refractivity contribution is -0.139. The summed E-state index contributed by atoms with van der Waals surface area (Å²) in [6.45, 7) is 5.76. The van der Waals surface area contributed by atoms with Crippen molar-refractivity contribution in [2.45, 2.75) is 43.1 Å². The molecule has 11 heteroatoms. The predicted octanol–water partition coefficient (Wildman–Crippen LogP) is 5.73. The zero-order valence-electron chi connectivity index (χ0n) is 20.1. The number of anilines is 1. The Balaban J connectivity index is 1.89. The van der Waals surface area contributed by atoms with Crippen molar-refractivity contribution in [3.05, 3.63) is 65.5 Å². The molecular formula is C25H26F3N3O4S. The highest BCUT2D eigenvalue weighted by molar-refractivity contribution is 8.01. The van der Waals surface area contributed by atoms with Crippen molar-refractivity contribution in [1.29, 1.82) is 0 Å². The second-order valence-corrected chi connectivity index (χ2v) is 10.2. The zero-order valence-corrected chi connectivity index (χ0v) is 21.0. The topological polar surface area (TPSA) is 93.4 Å². The largest absolute Gasteiger partial charge is 0.480 e. The molecule has 0 aliphatic carbocycles. The number of hydrogen-bond donors (Lipinski definition) is 2. The van der Waals surface area contributed by atoms with Gasteiger partial charge in [-0.2, -0.15) is 13.2 Å². The van der Waals surface area contributed by atoms with Gasteiger partial charge < -0.3 is 19.7 Å². The van der Waals surface area contributed by atoms with E-state index in [1.165, 1.54) is 23.9 Å². The third-order valence-corrected chi connectivity index (χ3v) is 6.62. The van der Waals surface area contributed by atoms with Crippen LogP contribution in [0.5, 0.6) is 0 Å². The Morgan fingerprint density at radius 2 is 1.69 bits per heavy atom. The van der Waals surface area contributed by atoms with Gasteiger partial charge in [-0.1, -0.05) is 12.1 Å². The molecule has 1 heterocycles. The lowest BCUT2D eigenvalue weighted by Gasteiger charge is -2.18. The smallest absolute Gasteiger partial charge is 0.416 e. The summed E-state index contributed by atoms with van der Waals surface area (Å²) in [6.07, 6.45) is -4.47. The summed E-state index contributed by atoms with van der Waals surface area (Å²) < 4.78 is 44.5. The summed E-state index contributed by atoms with van der Waals surface area (Å²) in [5, 5.41) is 12.0. The fraction of sp³-hybridized carbons (Fsp3) is 0.320. The summed E-state index contributed by atoms with van der Waals surface area (Å²) in [7, 11) is 1.56. The summed E-state index contributed by atoms with van der Waals surface area (Å²) in [5.41, 5.74) is 0.808. The normalized spacial score (nSPS) is 12.0. The van der Waals surface area contributed by atoms with Crippen molar-refractivity contribution in [3.63, 3.8) is 0 Å². The average Bonchev–Trinajstić information content (AvgIpc) is 3.13. The number of aliphatic carboxylic acids is 1. The van der Waals surface area contributed by atoms with Gasteiger partial charge in [0.1, 0.15) is 16.3 Å². The molecule has 3 rings (SSSR count). The number of thioether (sulfide) groups is 1. The van der Waals surface area contributed by atoms with E-state index in [1.54, 1.807) is 52.1 Å². The second-order valence-electron chi connectivity index (χ2n) is 8.49. The molecule has 0 saturated heterocycles. The van der Waals surface area contributed by atoms with E-state index in [4.69, 9.17) is 4.74 Å². The lowest BCUT2D eigenvalue weighted by Crippen LogP contribution is -2.26. The van der Waals surface area contributed by atoms with Crippen LogP contribution in [-0.4, -0.2) is 45.0 Å². The van der Waals surface area contributed by atoms with Crippen LogP contribution in [-0.2, 0) is 22.3 Å². The van der Waals surface area contributed by atoms with Crippen LogP contribution in [0, 0.1) is 6.92 Å². The Bertz CT molecular complexity index is 1240. The summed E-state index contributed by atoms with van der Waals surface area (Å²) in [4.78, 5) is 29.7. The molecule has 0 aliphatic rings. The van der Waals surface area contributed by atoms with Gasteiger partial charge in [-0.05, 0) is 57.2 Å². The number of imidazole rings is 1. The number of carboxylic acids is 1. The van der Waals surface area contributed by atoms with Crippen molar-refractivity contribution >= 4 is 29.3 Å². The quantitative estimate of drug-likeness (QED) is 0.349. The molecule has 3 aromatic rings. The van der Waals surface area contributed by atoms with Crippen molar-refractivity contribution in [1.82, 2.24) is 9.55 Å². The number of carboxylic acid groups (broad SMARTS) is 1. The van der Waals surface area contributed by atoms with Gasteiger partial charge in [0.2, 0.25) is 0 Å². The summed E-state index contributed by atoms with van der Waals surface area (Å²) >= 11 is 1.21. The lowest BCUT2D eigenvalue weighted by atomic mass is 10.2. The first kappa shape index (κ1) is 27.3. The number of nitrogens with one attached hydrogen (secondary N) is 1. The molecule has 0 unspecified atom stereocenters. The molecule has 36 heavy (non-hydrogen) atoms. The minimum absolute atomic E-state index is 0.131. The van der Waals surface area contributed by atoms with E-state index in [0.29, 0.717) is 30.2 Å². The highest BCUT2D eigenvalue weighted by Crippen LogP contribution is 2.34. The molecule has 0 spiro atoms. The number of methoxy groups -OCH3 is 1. The Morgan fingerprint density at radius 1 is 1.08 bits per heavy atom. The van der Waals surface area contributed by atoms with E-state index < -0.39 is 28.4 Å². The molecule has 0 fully saturated rings. The van der Waals surface area contributed by atoms with Gasteiger partial charge in [0.25, 0.3) is 5.91 Å². The first-order valence-electron chi connectivity index (χ1n) is 10.9. The number of benzene rings is 2. The van der Waals surface area contributed by atoms with Crippen LogP contribution in [0.15, 0.2) is 53.4 Å². The number of alkyl halides is 3. The van der Waals surface area contributed by atoms with Gasteiger partial charge in [0.05, 0.1) is 12.2 Å². The Hall–Kier alpha value is -3.31. The highest BCUT2D eigenvalue weighted by Gasteiger charge is 2.30. The van der Waals surface area contributed by atoms with Crippen LogP contribution in [0.4, 0.5) is 18.9 Å². The van der Waals surface area contributed by atoms with Crippen LogP contribution in [0.25, 0.3) is 11.4 Å². The van der Waals surface area contributed by atoms with Crippen LogP contribution in [0.3, 0.4) is 0 Å². The van der Waals surface area contributed by atoms with E-state index >= 15 is 0 Å². The monoisotopic (exact) mass is 521 g/mol. The molecule has 1 aromatic heterocycles. The van der Waals surface area contributed by atoms with E-state index in [9.17, 15) is 27.9 Å². The molecule has 0 radical (unpaired) electrons. The number of halogens is 3. The summed E-state index contributed by atoms with van der Waals surface area (Å²) in [5.74, 6) is -0.970. The molecule has 7 nitrogen and oxygen atoms in total. The zero-order chi connectivity index (χ0) is 26.7. The molecule has 2 aromatic carbocycles. The molecule has 0 saturated carbocycles. The third kappa shape index (κ3) is 6.27. The van der Waals surface area contributed by atoms with Gasteiger partial charge in [0.15, 0.2) is 0 Å². The Labute approximate surface area is 210 Å². The maximum atomic E-state index is 13.0. The van der Waals surface area contributed by atoms with Gasteiger partial charge >= 0.3 is 12.1 Å². The van der Waals surface area contributed by atoms with Crippen LogP contribution < -0.4 is 5.32 Å². The van der Waals surface area contributed by atoms with E-state index in [2.05, 4.69) is 10.3 Å². The van der Waals surface area contributed by atoms with E-state index in [0.717, 1.165) is 17.0 Å². The number of aromatic nitrogens is 2. The first-order chi connectivity index (χ1) is 16.8. The minimum Gasteiger partial charge on any atom is -0.480 e. The number of carbonyl (C=O) groups excluding carboxylic acids is 1. The fourth-order valence-corrected chi connectivity index (χ4v) is 4.32. The third-order valence-electron chi connectivity index (χ3n) is 5.43. The number of ether oxygens (including phenoxy) is 1. The predicted molar refractivity (Wildman–Crippen MR) is 131 cm³/mol. The second kappa shape index (κ2) is 10.8. The van der Waals surface area contributed by atoms with Gasteiger partial charge in [-0.15, -0.1) is 11.8 Å². The molecule has 1 amide bonds. The first-order valence-corrected chi connectivity index (χ1v) is 11.7. The minimum atomic E-state index is -4.47. The van der Waals surface area contributed by atoms with Gasteiger partial charge in [-0.25, -0.2) is 4.98 Å². The van der Waals surface area contributed by atoms with Gasteiger partial charge in [-0.3, -0.25) is 9.59 Å². The maximum absolute atomic E-state index is 13.0. The average molecular weight is 522 g/mol. The van der Waals surface area contributed by atoms with Crippen molar-refractivity contribution in [2.75, 3.05) is 19.0 Å². The maximum Gasteiger partial charge on any atom is 0.416 e. The SMILES string of the molecule is COCCn1c(-c2ccc(SC(C)(C)C(=O)O)cc2)nc(C(=O)Nc2ccc(C(F)(F)F)cc2)c1C. The molecular weight excluding hydrogens is 495 g/mol. The number of carbonyl (C=O) groups is 2. The molecule has 192 valence electrons. The highest BCUT2D eigenvalue weighted by atomic mass is 32.2. The number of nitrogens with zero attached hydrogens (tertiary/aromatic N) is 2. The molecule has 0 atom stereocenters. The van der Waals surface area contributed by atoms with Crippen molar-refractivity contribution in [2.24, 2.45) is 0 Å². The van der Waals surface area contributed by atoms with E-state index in [1.807, 2.05) is 4.57 Å². The molecule has 2 N–H and O–H groups in total. The Kier molecular flexibility index (Phi) is 8.15. The number of rotatable bonds is 9. The number of amides is 1. The van der Waals surface area contributed by atoms with Crippen LogP contribution in [0.1, 0.15) is 35.6 Å². The standard InChI is InChI=1S/C25H26F3N3O4S/c1-15-20(22(32)29-18-9-7-17(8-10-18)25(26,27)28)30-21(31(15)13-14-35-4)16-5-11-19(12-6-16)36-24(2,3)23(33)34/h5-12H,13-14H2,1-4H3,(H,29,32)(H,33,34). The van der Waals surface area contributed by atoms with Crippen molar-refractivity contribution in [3.8, 4) is 11.4 Å². The van der Waals surface area contributed by atoms with E-state index in [-0.39, 0.29) is 11.4 Å². The fourth-order valence-electron chi connectivity index (χ4n) is 3.37. The molecule has 0 aliphatic heterocycles.